The van der Waals surface area contributed by atoms with E-state index in [1.807, 2.05) is 24.5 Å². The first-order chi connectivity index (χ1) is 11.7. The fourth-order valence-corrected chi connectivity index (χ4v) is 3.17. The third-order valence-electron chi connectivity index (χ3n) is 4.35. The van der Waals surface area contributed by atoms with Gasteiger partial charge in [0.15, 0.2) is 0 Å². The third kappa shape index (κ3) is 2.68. The minimum absolute atomic E-state index is 0.215. The second-order valence-corrected chi connectivity index (χ2v) is 5.85. The number of imidazole rings is 1. The number of hydrogen-bond acceptors (Lipinski definition) is 5. The Bertz CT molecular complexity index is 844. The van der Waals surface area contributed by atoms with Crippen LogP contribution in [0.2, 0.25) is 0 Å². The van der Waals surface area contributed by atoms with Gasteiger partial charge in [0.2, 0.25) is 5.95 Å². The van der Waals surface area contributed by atoms with Crippen molar-refractivity contribution in [3.05, 3.63) is 54.9 Å². The second-order valence-electron chi connectivity index (χ2n) is 5.85. The maximum atomic E-state index is 13.1. The average molecular weight is 324 g/mol. The van der Waals surface area contributed by atoms with Crippen LogP contribution in [0.3, 0.4) is 0 Å². The zero-order chi connectivity index (χ0) is 16.5. The molecule has 4 rings (SSSR count). The van der Waals surface area contributed by atoms with Gasteiger partial charge >= 0.3 is 0 Å². The van der Waals surface area contributed by atoms with E-state index in [0.717, 1.165) is 36.6 Å². The van der Waals surface area contributed by atoms with Crippen LogP contribution in [0.4, 0.5) is 16.0 Å². The van der Waals surface area contributed by atoms with Gasteiger partial charge in [-0.1, -0.05) is 0 Å². The van der Waals surface area contributed by atoms with Crippen molar-refractivity contribution in [3.63, 3.8) is 0 Å². The minimum Gasteiger partial charge on any atom is -0.369 e. The van der Waals surface area contributed by atoms with E-state index >= 15 is 0 Å². The lowest BCUT2D eigenvalue weighted by Crippen LogP contribution is -2.20. The average Bonchev–Trinajstić information content (AvgIpc) is 3.24. The van der Waals surface area contributed by atoms with E-state index in [4.69, 9.17) is 5.73 Å². The molecule has 2 N–H and O–H groups in total. The summed E-state index contributed by atoms with van der Waals surface area (Å²) in [7, 11) is 0. The van der Waals surface area contributed by atoms with Crippen molar-refractivity contribution in [3.8, 4) is 11.4 Å². The first-order valence-electron chi connectivity index (χ1n) is 7.82. The fraction of sp³-hybridized carbons (Fsp3) is 0.235. The highest BCUT2D eigenvalue weighted by Gasteiger charge is 2.26. The van der Waals surface area contributed by atoms with Crippen LogP contribution in [-0.4, -0.2) is 32.6 Å². The highest BCUT2D eigenvalue weighted by molar-refractivity contribution is 5.55. The fourth-order valence-electron chi connectivity index (χ4n) is 3.17. The minimum atomic E-state index is -0.215. The molecule has 122 valence electrons. The molecule has 1 saturated heterocycles. The molecule has 0 aliphatic carbocycles. The van der Waals surface area contributed by atoms with Gasteiger partial charge in [-0.2, -0.15) is 0 Å². The van der Waals surface area contributed by atoms with Crippen LogP contribution in [0.1, 0.15) is 12.5 Å². The summed E-state index contributed by atoms with van der Waals surface area (Å²) in [5.74, 6) is 0.0346. The topological polar surface area (TPSA) is 72.9 Å². The highest BCUT2D eigenvalue weighted by atomic mass is 19.1. The Hall–Kier alpha value is -2.96. The van der Waals surface area contributed by atoms with Crippen LogP contribution in [0.5, 0.6) is 0 Å². The van der Waals surface area contributed by atoms with Gasteiger partial charge in [0.1, 0.15) is 5.82 Å². The maximum Gasteiger partial charge on any atom is 0.220 e. The molecule has 1 aromatic carbocycles. The molecule has 0 amide bonds. The largest absolute Gasteiger partial charge is 0.369 e. The molecule has 0 bridgehead atoms. The van der Waals surface area contributed by atoms with Gasteiger partial charge in [0, 0.05) is 25.0 Å². The second kappa shape index (κ2) is 5.92. The number of anilines is 2. The highest BCUT2D eigenvalue weighted by Crippen LogP contribution is 2.30. The first kappa shape index (κ1) is 14.6. The summed E-state index contributed by atoms with van der Waals surface area (Å²) < 4.78 is 15.2. The standard InChI is InChI=1S/C17H17FN6/c18-12-1-3-13(4-2-12)23-8-6-14(10-23)24-11-20-9-16(24)15-5-7-21-17(19)22-15/h1-5,7,9,11,14H,6,8,10H2,(H2,19,21,22). The molecule has 0 radical (unpaired) electrons. The zero-order valence-electron chi connectivity index (χ0n) is 13.0. The summed E-state index contributed by atoms with van der Waals surface area (Å²) in [5.41, 5.74) is 8.41. The van der Waals surface area contributed by atoms with Gasteiger partial charge in [0.25, 0.3) is 0 Å². The van der Waals surface area contributed by atoms with Gasteiger partial charge < -0.3 is 15.2 Å². The molecule has 1 fully saturated rings. The molecule has 0 spiro atoms. The van der Waals surface area contributed by atoms with Crippen molar-refractivity contribution in [2.24, 2.45) is 0 Å². The van der Waals surface area contributed by atoms with Crippen molar-refractivity contribution in [2.45, 2.75) is 12.5 Å². The maximum absolute atomic E-state index is 13.1. The van der Waals surface area contributed by atoms with Crippen molar-refractivity contribution in [2.75, 3.05) is 23.7 Å². The molecule has 2 aromatic heterocycles. The van der Waals surface area contributed by atoms with Gasteiger partial charge in [-0.25, -0.2) is 19.3 Å². The van der Waals surface area contributed by atoms with Gasteiger partial charge in [-0.05, 0) is 36.8 Å². The number of benzene rings is 1. The predicted molar refractivity (Wildman–Crippen MR) is 89.9 cm³/mol. The third-order valence-corrected chi connectivity index (χ3v) is 4.35. The molecule has 1 aliphatic rings. The molecule has 1 atom stereocenters. The summed E-state index contributed by atoms with van der Waals surface area (Å²) in [6, 6.07) is 8.74. The molecular formula is C17H17FN6. The van der Waals surface area contributed by atoms with Crippen LogP contribution in [0.25, 0.3) is 11.4 Å². The number of nitrogens with two attached hydrogens (primary N) is 1. The molecule has 24 heavy (non-hydrogen) atoms. The Labute approximate surface area is 138 Å². The summed E-state index contributed by atoms with van der Waals surface area (Å²) in [4.78, 5) is 14.7. The number of rotatable bonds is 3. The quantitative estimate of drug-likeness (QED) is 0.801. The molecule has 1 aliphatic heterocycles. The molecule has 0 saturated carbocycles. The normalized spacial score (nSPS) is 17.4. The number of hydrogen-bond donors (Lipinski definition) is 1. The number of halogens is 1. The molecular weight excluding hydrogens is 307 g/mol. The van der Waals surface area contributed by atoms with E-state index in [9.17, 15) is 4.39 Å². The lowest BCUT2D eigenvalue weighted by molar-refractivity contribution is 0.556. The lowest BCUT2D eigenvalue weighted by Gasteiger charge is -2.20. The van der Waals surface area contributed by atoms with Crippen molar-refractivity contribution in [1.82, 2.24) is 19.5 Å². The van der Waals surface area contributed by atoms with Crippen LogP contribution >= 0.6 is 0 Å². The first-order valence-corrected chi connectivity index (χ1v) is 7.82. The Kier molecular flexibility index (Phi) is 3.60. The lowest BCUT2D eigenvalue weighted by atomic mass is 10.2. The Morgan fingerprint density at radius 2 is 2.00 bits per heavy atom. The molecule has 3 aromatic rings. The van der Waals surface area contributed by atoms with E-state index in [1.165, 1.54) is 12.1 Å². The van der Waals surface area contributed by atoms with Crippen molar-refractivity contribution in [1.29, 1.82) is 0 Å². The Morgan fingerprint density at radius 3 is 2.79 bits per heavy atom. The van der Waals surface area contributed by atoms with Crippen LogP contribution in [0.15, 0.2) is 49.1 Å². The van der Waals surface area contributed by atoms with Crippen molar-refractivity contribution >= 4 is 11.6 Å². The van der Waals surface area contributed by atoms with Crippen LogP contribution < -0.4 is 10.6 Å². The molecule has 6 nitrogen and oxygen atoms in total. The molecule has 3 heterocycles. The zero-order valence-corrected chi connectivity index (χ0v) is 13.0. The van der Waals surface area contributed by atoms with E-state index < -0.39 is 0 Å². The smallest absolute Gasteiger partial charge is 0.220 e. The summed E-state index contributed by atoms with van der Waals surface area (Å²) in [5, 5.41) is 0. The van der Waals surface area contributed by atoms with E-state index in [0.29, 0.717) is 0 Å². The summed E-state index contributed by atoms with van der Waals surface area (Å²) in [6.45, 7) is 1.76. The molecule has 1 unspecified atom stereocenters. The monoisotopic (exact) mass is 324 g/mol. The van der Waals surface area contributed by atoms with Crippen LogP contribution in [-0.2, 0) is 0 Å². The summed E-state index contributed by atoms with van der Waals surface area (Å²) >= 11 is 0. The van der Waals surface area contributed by atoms with Gasteiger partial charge in [-0.3, -0.25) is 0 Å². The Balaban J connectivity index is 1.58. The number of nitrogen functional groups attached to an aromatic ring is 1. The van der Waals surface area contributed by atoms with E-state index in [1.54, 1.807) is 12.4 Å². The Morgan fingerprint density at radius 1 is 1.17 bits per heavy atom. The van der Waals surface area contributed by atoms with Crippen LogP contribution in [0, 0.1) is 5.82 Å². The van der Waals surface area contributed by atoms with Gasteiger partial charge in [0.05, 0.1) is 30.0 Å². The van der Waals surface area contributed by atoms with Gasteiger partial charge in [-0.15, -0.1) is 0 Å². The number of aromatic nitrogens is 4. The van der Waals surface area contributed by atoms with E-state index in [-0.39, 0.29) is 17.8 Å². The SMILES string of the molecule is Nc1nccc(-c2cncn2C2CCN(c3ccc(F)cc3)C2)n1. The summed E-state index contributed by atoms with van der Waals surface area (Å²) in [6.07, 6.45) is 6.25. The molecule has 7 heteroatoms. The predicted octanol–water partition coefficient (Wildman–Crippen LogP) is 2.51. The van der Waals surface area contributed by atoms with Crippen molar-refractivity contribution < 1.29 is 4.39 Å². The number of nitrogens with zero attached hydrogens (tertiary/aromatic N) is 5. The van der Waals surface area contributed by atoms with E-state index in [2.05, 4.69) is 24.4 Å².